The van der Waals surface area contributed by atoms with Gasteiger partial charge in [0.2, 0.25) is 5.89 Å². The number of alkyl halides is 4. The van der Waals surface area contributed by atoms with E-state index >= 15 is 0 Å². The number of hydrogen-bond acceptors (Lipinski definition) is 4. The molecule has 5 rings (SSSR count). The quantitative estimate of drug-likeness (QED) is 0.345. The van der Waals surface area contributed by atoms with Crippen molar-refractivity contribution in [2.75, 3.05) is 0 Å². The molecule has 0 aliphatic heterocycles. The van der Waals surface area contributed by atoms with Crippen LogP contribution >= 0.6 is 11.6 Å². The highest BCUT2D eigenvalue weighted by molar-refractivity contribution is 6.17. The summed E-state index contributed by atoms with van der Waals surface area (Å²) < 4.78 is 48.4. The topological polar surface area (TPSA) is 56.7 Å². The van der Waals surface area contributed by atoms with Gasteiger partial charge in [-0.05, 0) is 54.2 Å². The maximum absolute atomic E-state index is 13.6. The molecule has 9 heteroatoms. The van der Waals surface area contributed by atoms with Gasteiger partial charge in [-0.25, -0.2) is 4.98 Å². The molecule has 166 valence electrons. The standard InChI is InChI=1S/C23H20ClF3N4O/c1-13-9-22(10-13,21-30-28-12-31(21)2)16-5-3-4-15(8-16)20-29-18-7-14(11-24)6-17(19(18)32-20)23(25,26)27/h3-8,12-13H,9-11H2,1-2H3. The minimum atomic E-state index is -4.57. The molecule has 1 saturated carbocycles. The molecular weight excluding hydrogens is 441 g/mol. The summed E-state index contributed by atoms with van der Waals surface area (Å²) in [6.45, 7) is 2.19. The lowest BCUT2D eigenvalue weighted by Crippen LogP contribution is -2.43. The van der Waals surface area contributed by atoms with E-state index in [9.17, 15) is 13.2 Å². The van der Waals surface area contributed by atoms with Crippen LogP contribution in [0.2, 0.25) is 0 Å². The largest absolute Gasteiger partial charge is 0.435 e. The average Bonchev–Trinajstić information content (AvgIpc) is 3.36. The Morgan fingerprint density at radius 3 is 2.62 bits per heavy atom. The molecule has 32 heavy (non-hydrogen) atoms. The molecule has 5 nitrogen and oxygen atoms in total. The Morgan fingerprint density at radius 2 is 2.00 bits per heavy atom. The predicted molar refractivity (Wildman–Crippen MR) is 114 cm³/mol. The SMILES string of the molecule is CC1CC(c2cccc(-c3nc4cc(CCl)cc(C(F)(F)F)c4o3)c2)(c2nncn2C)C1. The summed E-state index contributed by atoms with van der Waals surface area (Å²) in [4.78, 5) is 4.37. The summed E-state index contributed by atoms with van der Waals surface area (Å²) in [5.41, 5.74) is 0.650. The molecule has 0 bridgehead atoms. The van der Waals surface area contributed by atoms with Gasteiger partial charge in [0.1, 0.15) is 23.2 Å². The lowest BCUT2D eigenvalue weighted by Gasteiger charge is -2.46. The Morgan fingerprint density at radius 1 is 1.22 bits per heavy atom. The first kappa shape index (κ1) is 21.0. The van der Waals surface area contributed by atoms with Gasteiger partial charge in [-0.1, -0.05) is 19.1 Å². The molecule has 0 spiro atoms. The fourth-order valence-corrected chi connectivity index (χ4v) is 5.00. The number of hydrogen-bond donors (Lipinski definition) is 0. The van der Waals surface area contributed by atoms with Crippen LogP contribution in [0.15, 0.2) is 47.1 Å². The minimum absolute atomic E-state index is 0.0465. The van der Waals surface area contributed by atoms with Gasteiger partial charge in [0, 0.05) is 18.5 Å². The molecule has 0 atom stereocenters. The lowest BCUT2D eigenvalue weighted by molar-refractivity contribution is -0.136. The van der Waals surface area contributed by atoms with E-state index in [4.69, 9.17) is 16.0 Å². The number of fused-ring (bicyclic) bond motifs is 1. The van der Waals surface area contributed by atoms with Crippen molar-refractivity contribution in [3.05, 3.63) is 65.2 Å². The van der Waals surface area contributed by atoms with Crippen molar-refractivity contribution in [3.8, 4) is 11.5 Å². The number of aromatic nitrogens is 4. The van der Waals surface area contributed by atoms with Gasteiger partial charge in [0.15, 0.2) is 5.58 Å². The Labute approximate surface area is 187 Å². The van der Waals surface area contributed by atoms with Crippen LogP contribution in [0, 0.1) is 5.92 Å². The maximum Gasteiger partial charge on any atom is 0.420 e. The van der Waals surface area contributed by atoms with Crippen molar-refractivity contribution in [1.82, 2.24) is 19.7 Å². The minimum Gasteiger partial charge on any atom is -0.435 e. The molecule has 0 unspecified atom stereocenters. The molecule has 0 radical (unpaired) electrons. The summed E-state index contributed by atoms with van der Waals surface area (Å²) in [6.07, 6.45) is -1.07. The predicted octanol–water partition coefficient (Wildman–Crippen LogP) is 6.10. The fourth-order valence-electron chi connectivity index (χ4n) is 4.85. The third-order valence-electron chi connectivity index (χ3n) is 6.20. The van der Waals surface area contributed by atoms with Gasteiger partial charge in [-0.3, -0.25) is 0 Å². The molecule has 4 aromatic rings. The Kier molecular flexibility index (Phi) is 4.81. The molecule has 0 N–H and O–H groups in total. The van der Waals surface area contributed by atoms with Crippen LogP contribution in [-0.4, -0.2) is 19.7 Å². The van der Waals surface area contributed by atoms with Crippen LogP contribution < -0.4 is 0 Å². The zero-order chi connectivity index (χ0) is 22.7. The van der Waals surface area contributed by atoms with E-state index in [1.54, 1.807) is 12.4 Å². The van der Waals surface area contributed by atoms with Crippen LogP contribution in [-0.2, 0) is 24.5 Å². The number of nitrogens with zero attached hydrogens (tertiary/aromatic N) is 4. The van der Waals surface area contributed by atoms with E-state index in [1.807, 2.05) is 29.8 Å². The van der Waals surface area contributed by atoms with Crippen molar-refractivity contribution in [1.29, 1.82) is 0 Å². The first-order chi connectivity index (χ1) is 15.2. The summed E-state index contributed by atoms with van der Waals surface area (Å²) in [7, 11) is 1.91. The molecule has 2 aromatic heterocycles. The Bertz CT molecular complexity index is 1300. The summed E-state index contributed by atoms with van der Waals surface area (Å²) in [6, 6.07) is 10.1. The first-order valence-corrected chi connectivity index (χ1v) is 10.8. The lowest BCUT2D eigenvalue weighted by atomic mass is 9.58. The summed E-state index contributed by atoms with van der Waals surface area (Å²) in [5, 5.41) is 8.40. The third kappa shape index (κ3) is 3.28. The van der Waals surface area contributed by atoms with Crippen LogP contribution in [0.1, 0.15) is 42.3 Å². The van der Waals surface area contributed by atoms with Gasteiger partial charge in [-0.15, -0.1) is 21.8 Å². The normalized spacial score (nSPS) is 21.1. The van der Waals surface area contributed by atoms with Gasteiger partial charge in [-0.2, -0.15) is 13.2 Å². The van der Waals surface area contributed by atoms with Gasteiger partial charge < -0.3 is 8.98 Å². The van der Waals surface area contributed by atoms with Crippen LogP contribution in [0.3, 0.4) is 0 Å². The highest BCUT2D eigenvalue weighted by Crippen LogP contribution is 2.52. The van der Waals surface area contributed by atoms with E-state index in [0.29, 0.717) is 17.0 Å². The third-order valence-corrected chi connectivity index (χ3v) is 6.51. The Hall–Kier alpha value is -2.87. The van der Waals surface area contributed by atoms with E-state index in [2.05, 4.69) is 22.1 Å². The van der Waals surface area contributed by atoms with Crippen molar-refractivity contribution >= 4 is 22.7 Å². The Balaban J connectivity index is 1.63. The molecule has 0 amide bonds. The molecule has 2 heterocycles. The zero-order valence-electron chi connectivity index (χ0n) is 17.4. The van der Waals surface area contributed by atoms with Crippen LogP contribution in [0.25, 0.3) is 22.6 Å². The van der Waals surface area contributed by atoms with E-state index in [-0.39, 0.29) is 28.3 Å². The van der Waals surface area contributed by atoms with Gasteiger partial charge >= 0.3 is 6.18 Å². The average molecular weight is 461 g/mol. The summed E-state index contributed by atoms with van der Waals surface area (Å²) >= 11 is 5.80. The van der Waals surface area contributed by atoms with E-state index in [1.165, 1.54) is 6.07 Å². The number of benzene rings is 2. The second-order valence-electron chi connectivity index (χ2n) is 8.58. The number of rotatable bonds is 4. The zero-order valence-corrected chi connectivity index (χ0v) is 18.2. The van der Waals surface area contributed by atoms with Gasteiger partial charge in [0.25, 0.3) is 0 Å². The molecule has 2 aromatic carbocycles. The van der Waals surface area contributed by atoms with E-state index < -0.39 is 11.7 Å². The van der Waals surface area contributed by atoms with Gasteiger partial charge in [0.05, 0.1) is 5.41 Å². The molecule has 0 saturated heterocycles. The van der Waals surface area contributed by atoms with Crippen LogP contribution in [0.5, 0.6) is 0 Å². The number of aryl methyl sites for hydroxylation is 1. The van der Waals surface area contributed by atoms with Crippen LogP contribution in [0.4, 0.5) is 13.2 Å². The number of halogens is 4. The van der Waals surface area contributed by atoms with Crippen molar-refractivity contribution < 1.29 is 17.6 Å². The highest BCUT2D eigenvalue weighted by Gasteiger charge is 2.48. The second kappa shape index (κ2) is 7.33. The van der Waals surface area contributed by atoms with Crippen molar-refractivity contribution in [3.63, 3.8) is 0 Å². The highest BCUT2D eigenvalue weighted by atomic mass is 35.5. The second-order valence-corrected chi connectivity index (χ2v) is 8.85. The van der Waals surface area contributed by atoms with E-state index in [0.717, 1.165) is 30.3 Å². The smallest absolute Gasteiger partial charge is 0.420 e. The monoisotopic (exact) mass is 460 g/mol. The first-order valence-electron chi connectivity index (χ1n) is 10.2. The van der Waals surface area contributed by atoms with Crippen molar-refractivity contribution in [2.24, 2.45) is 13.0 Å². The molecule has 1 aliphatic carbocycles. The summed E-state index contributed by atoms with van der Waals surface area (Å²) in [5.74, 6) is 1.49. The molecule has 1 fully saturated rings. The van der Waals surface area contributed by atoms with Crippen molar-refractivity contribution in [2.45, 2.75) is 37.2 Å². The molecule has 1 aliphatic rings. The maximum atomic E-state index is 13.6. The molecular formula is C23H20ClF3N4O. The fraction of sp³-hybridized carbons (Fsp3) is 0.348. The number of oxazole rings is 1.